The van der Waals surface area contributed by atoms with Crippen LogP contribution in [0.3, 0.4) is 0 Å². The maximum absolute atomic E-state index is 10.9. The number of carbonyl (C=O) groups is 1. The summed E-state index contributed by atoms with van der Waals surface area (Å²) in [5, 5.41) is 16.7. The predicted molar refractivity (Wildman–Crippen MR) is 65.5 cm³/mol. The van der Waals surface area contributed by atoms with Crippen molar-refractivity contribution in [2.75, 3.05) is 0 Å². The van der Waals surface area contributed by atoms with Crippen LogP contribution in [-0.2, 0) is 4.79 Å². The smallest absolute Gasteiger partial charge is 0.304 e. The number of rotatable bonds is 4. The van der Waals surface area contributed by atoms with Gasteiger partial charge in [-0.2, -0.15) is 10.2 Å². The molecule has 0 saturated heterocycles. The van der Waals surface area contributed by atoms with Gasteiger partial charge >= 0.3 is 5.97 Å². The molecular weight excluding hydrogens is 260 g/mol. The fourth-order valence-electron chi connectivity index (χ4n) is 1.54. The molecule has 2 aromatic heterocycles. The molecule has 0 saturated carbocycles. The van der Waals surface area contributed by atoms with Crippen molar-refractivity contribution in [2.45, 2.75) is 12.3 Å². The first-order valence-electron chi connectivity index (χ1n) is 4.91. The fourth-order valence-corrected chi connectivity index (χ4v) is 2.71. The van der Waals surface area contributed by atoms with Crippen LogP contribution in [0, 0.1) is 0 Å². The SMILES string of the molecule is O=C(O)CC(c1cccnn1)c1ccc(Cl)s1. The van der Waals surface area contributed by atoms with Gasteiger partial charge in [0.15, 0.2) is 0 Å². The summed E-state index contributed by atoms with van der Waals surface area (Å²) < 4.78 is 0.638. The number of hydrogen-bond donors (Lipinski definition) is 1. The number of aromatic nitrogens is 2. The highest BCUT2D eigenvalue weighted by Gasteiger charge is 2.21. The Kier molecular flexibility index (Phi) is 3.71. The van der Waals surface area contributed by atoms with Crippen LogP contribution in [-0.4, -0.2) is 21.3 Å². The minimum atomic E-state index is -0.870. The molecular formula is C11H9ClN2O2S. The van der Waals surface area contributed by atoms with Crippen molar-refractivity contribution in [3.63, 3.8) is 0 Å². The van der Waals surface area contributed by atoms with Crippen molar-refractivity contribution in [3.8, 4) is 0 Å². The first-order valence-corrected chi connectivity index (χ1v) is 6.11. The molecule has 0 aliphatic heterocycles. The van der Waals surface area contributed by atoms with Gasteiger partial charge in [0.1, 0.15) is 0 Å². The van der Waals surface area contributed by atoms with E-state index in [4.69, 9.17) is 16.7 Å². The molecule has 88 valence electrons. The Morgan fingerprint density at radius 3 is 2.82 bits per heavy atom. The Bertz CT molecular complexity index is 515. The van der Waals surface area contributed by atoms with E-state index >= 15 is 0 Å². The molecule has 4 nitrogen and oxygen atoms in total. The van der Waals surface area contributed by atoms with E-state index in [1.165, 1.54) is 11.3 Å². The summed E-state index contributed by atoms with van der Waals surface area (Å²) in [6.07, 6.45) is 1.54. The summed E-state index contributed by atoms with van der Waals surface area (Å²) in [4.78, 5) is 11.8. The quantitative estimate of drug-likeness (QED) is 0.926. The molecule has 0 amide bonds. The minimum Gasteiger partial charge on any atom is -0.481 e. The number of nitrogens with zero attached hydrogens (tertiary/aromatic N) is 2. The molecule has 0 bridgehead atoms. The van der Waals surface area contributed by atoms with Gasteiger partial charge in [-0.25, -0.2) is 0 Å². The zero-order valence-electron chi connectivity index (χ0n) is 8.71. The maximum Gasteiger partial charge on any atom is 0.304 e. The lowest BCUT2D eigenvalue weighted by molar-refractivity contribution is -0.137. The third-order valence-electron chi connectivity index (χ3n) is 2.27. The monoisotopic (exact) mass is 268 g/mol. The first-order chi connectivity index (χ1) is 8.16. The van der Waals surface area contributed by atoms with E-state index in [1.54, 1.807) is 24.4 Å². The number of carboxylic acid groups (broad SMARTS) is 1. The summed E-state index contributed by atoms with van der Waals surface area (Å²) >= 11 is 7.23. The third kappa shape index (κ3) is 3.01. The Labute approximate surface area is 107 Å². The highest BCUT2D eigenvalue weighted by Crippen LogP contribution is 2.33. The third-order valence-corrected chi connectivity index (χ3v) is 3.61. The van der Waals surface area contributed by atoms with Gasteiger partial charge in [0.2, 0.25) is 0 Å². The minimum absolute atomic E-state index is 0.0183. The van der Waals surface area contributed by atoms with E-state index in [0.29, 0.717) is 10.0 Å². The van der Waals surface area contributed by atoms with Gasteiger partial charge < -0.3 is 5.11 Å². The van der Waals surface area contributed by atoms with E-state index in [1.807, 2.05) is 6.07 Å². The number of halogens is 1. The summed E-state index contributed by atoms with van der Waals surface area (Å²) in [6, 6.07) is 7.10. The van der Waals surface area contributed by atoms with E-state index in [-0.39, 0.29) is 12.3 Å². The van der Waals surface area contributed by atoms with Crippen LogP contribution in [0.25, 0.3) is 0 Å². The van der Waals surface area contributed by atoms with E-state index in [0.717, 1.165) is 4.88 Å². The molecule has 2 rings (SSSR count). The lowest BCUT2D eigenvalue weighted by Gasteiger charge is -2.11. The van der Waals surface area contributed by atoms with Gasteiger partial charge in [0, 0.05) is 17.0 Å². The molecule has 1 atom stereocenters. The fraction of sp³-hybridized carbons (Fsp3) is 0.182. The van der Waals surface area contributed by atoms with Gasteiger partial charge in [-0.3, -0.25) is 4.79 Å². The molecule has 0 radical (unpaired) electrons. The van der Waals surface area contributed by atoms with E-state index < -0.39 is 5.97 Å². The Morgan fingerprint density at radius 1 is 1.47 bits per heavy atom. The van der Waals surface area contributed by atoms with E-state index in [2.05, 4.69) is 10.2 Å². The van der Waals surface area contributed by atoms with Gasteiger partial charge in [0.25, 0.3) is 0 Å². The second kappa shape index (κ2) is 5.25. The molecule has 17 heavy (non-hydrogen) atoms. The normalized spacial score (nSPS) is 12.3. The summed E-state index contributed by atoms with van der Waals surface area (Å²) in [5.74, 6) is -1.16. The van der Waals surface area contributed by atoms with Crippen molar-refractivity contribution in [1.82, 2.24) is 10.2 Å². The van der Waals surface area contributed by atoms with Crippen molar-refractivity contribution in [1.29, 1.82) is 0 Å². The van der Waals surface area contributed by atoms with Crippen LogP contribution >= 0.6 is 22.9 Å². The number of thiophene rings is 1. The maximum atomic E-state index is 10.9. The average molecular weight is 269 g/mol. The predicted octanol–water partition coefficient (Wildman–Crippen LogP) is 2.80. The van der Waals surface area contributed by atoms with Gasteiger partial charge in [0.05, 0.1) is 16.5 Å². The zero-order valence-corrected chi connectivity index (χ0v) is 10.3. The molecule has 2 aromatic rings. The van der Waals surface area contributed by atoms with Crippen molar-refractivity contribution in [2.24, 2.45) is 0 Å². The van der Waals surface area contributed by atoms with Crippen LogP contribution in [0.1, 0.15) is 22.9 Å². The standard InChI is InChI=1S/C11H9ClN2O2S/c12-10-4-3-9(17-10)7(6-11(15)16)8-2-1-5-13-14-8/h1-5,7H,6H2,(H,15,16). The Morgan fingerprint density at radius 2 is 2.29 bits per heavy atom. The second-order valence-electron chi connectivity index (χ2n) is 3.44. The molecule has 1 N–H and O–H groups in total. The highest BCUT2D eigenvalue weighted by atomic mass is 35.5. The summed E-state index contributed by atoms with van der Waals surface area (Å²) in [7, 11) is 0. The Balaban J connectivity index is 2.35. The van der Waals surface area contributed by atoms with Crippen molar-refractivity contribution >= 4 is 28.9 Å². The summed E-state index contributed by atoms with van der Waals surface area (Å²) in [5.41, 5.74) is 0.647. The molecule has 0 aliphatic carbocycles. The highest BCUT2D eigenvalue weighted by molar-refractivity contribution is 7.16. The van der Waals surface area contributed by atoms with Crippen LogP contribution in [0.4, 0.5) is 0 Å². The van der Waals surface area contributed by atoms with Crippen LogP contribution in [0.2, 0.25) is 4.34 Å². The van der Waals surface area contributed by atoms with Gasteiger partial charge in [-0.15, -0.1) is 11.3 Å². The lowest BCUT2D eigenvalue weighted by Crippen LogP contribution is -2.08. The topological polar surface area (TPSA) is 63.1 Å². The molecule has 1 unspecified atom stereocenters. The van der Waals surface area contributed by atoms with Crippen molar-refractivity contribution < 1.29 is 9.90 Å². The number of hydrogen-bond acceptors (Lipinski definition) is 4. The number of carboxylic acids is 1. The van der Waals surface area contributed by atoms with E-state index in [9.17, 15) is 4.79 Å². The average Bonchev–Trinajstić information content (AvgIpc) is 2.73. The van der Waals surface area contributed by atoms with Gasteiger partial charge in [-0.05, 0) is 24.3 Å². The number of aliphatic carboxylic acids is 1. The first kappa shape index (κ1) is 12.0. The Hall–Kier alpha value is -1.46. The molecule has 0 fully saturated rings. The molecule has 0 spiro atoms. The molecule has 0 aliphatic rings. The lowest BCUT2D eigenvalue weighted by atomic mass is 9.99. The molecule has 6 heteroatoms. The zero-order chi connectivity index (χ0) is 12.3. The molecule has 2 heterocycles. The van der Waals surface area contributed by atoms with Crippen LogP contribution in [0.5, 0.6) is 0 Å². The molecule has 0 aromatic carbocycles. The van der Waals surface area contributed by atoms with Crippen molar-refractivity contribution in [3.05, 3.63) is 45.4 Å². The van der Waals surface area contributed by atoms with Crippen LogP contribution in [0.15, 0.2) is 30.5 Å². The largest absolute Gasteiger partial charge is 0.481 e. The van der Waals surface area contributed by atoms with Gasteiger partial charge in [-0.1, -0.05) is 11.6 Å². The summed E-state index contributed by atoms with van der Waals surface area (Å²) in [6.45, 7) is 0. The second-order valence-corrected chi connectivity index (χ2v) is 5.19. The van der Waals surface area contributed by atoms with Crippen LogP contribution < -0.4 is 0 Å².